The lowest BCUT2D eigenvalue weighted by Gasteiger charge is -2.15. The Morgan fingerprint density at radius 1 is 1.62 bits per heavy atom. The van der Waals surface area contributed by atoms with Crippen LogP contribution >= 0.6 is 0 Å². The number of halogens is 1. The Morgan fingerprint density at radius 3 is 2.88 bits per heavy atom. The Balaban J connectivity index is 2.96. The van der Waals surface area contributed by atoms with Crippen molar-refractivity contribution in [2.75, 3.05) is 0 Å². The van der Waals surface area contributed by atoms with Crippen molar-refractivity contribution in [2.24, 2.45) is 0 Å². The Kier molecular flexibility index (Phi) is 4.05. The monoisotopic (exact) mass is 224 g/mol. The molecule has 0 aliphatic heterocycles. The number of nitrogens with zero attached hydrogens (tertiary/aromatic N) is 2. The molecule has 1 rings (SSSR count). The van der Waals surface area contributed by atoms with Gasteiger partial charge in [-0.1, -0.05) is 0 Å². The maximum absolute atomic E-state index is 12.8. The van der Waals surface area contributed by atoms with Crippen molar-refractivity contribution in [1.82, 2.24) is 4.98 Å². The van der Waals surface area contributed by atoms with Gasteiger partial charge in [-0.25, -0.2) is 4.98 Å². The zero-order valence-electron chi connectivity index (χ0n) is 8.17. The highest BCUT2D eigenvalue weighted by Crippen LogP contribution is 2.19. The molecule has 0 amide bonds. The predicted molar refractivity (Wildman–Crippen MR) is 50.8 cm³/mol. The van der Waals surface area contributed by atoms with E-state index in [-0.39, 0.29) is 23.8 Å². The topological polar surface area (TPSA) is 94.2 Å². The van der Waals surface area contributed by atoms with E-state index in [1.165, 1.54) is 0 Å². The molecular formula is C10H9FN2O3. The van der Waals surface area contributed by atoms with Crippen molar-refractivity contribution in [2.45, 2.75) is 18.6 Å². The summed E-state index contributed by atoms with van der Waals surface area (Å²) in [7, 11) is 0. The molecule has 2 N–H and O–H groups in total. The first-order valence-corrected chi connectivity index (χ1v) is 4.44. The summed E-state index contributed by atoms with van der Waals surface area (Å²) >= 11 is 0. The molecule has 84 valence electrons. The Labute approximate surface area is 90.8 Å². The minimum absolute atomic E-state index is 0.0891. The van der Waals surface area contributed by atoms with Gasteiger partial charge in [-0.05, 0) is 6.07 Å². The summed E-state index contributed by atoms with van der Waals surface area (Å²) in [6.45, 7) is 0. The normalized spacial score (nSPS) is 13.9. The van der Waals surface area contributed by atoms with Crippen molar-refractivity contribution < 1.29 is 19.4 Å². The van der Waals surface area contributed by atoms with Gasteiger partial charge in [0.2, 0.25) is 5.95 Å². The fourth-order valence-corrected chi connectivity index (χ4v) is 1.15. The van der Waals surface area contributed by atoms with Crippen molar-refractivity contribution in [3.05, 3.63) is 29.3 Å². The molecular weight excluding hydrogens is 215 g/mol. The van der Waals surface area contributed by atoms with Crippen LogP contribution in [0.2, 0.25) is 0 Å². The molecule has 5 nitrogen and oxygen atoms in total. The number of rotatable bonds is 4. The molecule has 0 fully saturated rings. The Morgan fingerprint density at radius 2 is 2.31 bits per heavy atom. The number of hydrogen-bond donors (Lipinski definition) is 2. The van der Waals surface area contributed by atoms with E-state index in [2.05, 4.69) is 4.98 Å². The lowest BCUT2D eigenvalue weighted by molar-refractivity contribution is 0.0213. The quantitative estimate of drug-likeness (QED) is 0.568. The second kappa shape index (κ2) is 5.30. The summed E-state index contributed by atoms with van der Waals surface area (Å²) in [4.78, 5) is 13.7. The first kappa shape index (κ1) is 12.2. The highest BCUT2D eigenvalue weighted by atomic mass is 19.1. The molecule has 2 unspecified atom stereocenters. The molecule has 1 heterocycles. The van der Waals surface area contributed by atoms with E-state index in [4.69, 9.17) is 5.26 Å². The second-order valence-corrected chi connectivity index (χ2v) is 3.14. The van der Waals surface area contributed by atoms with E-state index in [1.807, 2.05) is 0 Å². The van der Waals surface area contributed by atoms with Gasteiger partial charge in [0.25, 0.3) is 0 Å². The highest BCUT2D eigenvalue weighted by molar-refractivity contribution is 5.74. The van der Waals surface area contributed by atoms with Crippen LogP contribution in [0.15, 0.2) is 12.3 Å². The fraction of sp³-hybridized carbons (Fsp3) is 0.300. The van der Waals surface area contributed by atoms with Gasteiger partial charge >= 0.3 is 0 Å². The average Bonchev–Trinajstić information content (AvgIpc) is 2.29. The summed E-state index contributed by atoms with van der Waals surface area (Å²) in [6, 6.07) is 2.77. The van der Waals surface area contributed by atoms with Gasteiger partial charge < -0.3 is 10.2 Å². The fourth-order valence-electron chi connectivity index (χ4n) is 1.15. The summed E-state index contributed by atoms with van der Waals surface area (Å²) in [5, 5.41) is 27.2. The first-order valence-electron chi connectivity index (χ1n) is 4.44. The highest BCUT2D eigenvalue weighted by Gasteiger charge is 2.19. The number of aromatic nitrogens is 1. The summed E-state index contributed by atoms with van der Waals surface area (Å²) in [6.07, 6.45) is -1.67. The third kappa shape index (κ3) is 2.59. The van der Waals surface area contributed by atoms with Crippen molar-refractivity contribution in [3.8, 4) is 6.07 Å². The van der Waals surface area contributed by atoms with E-state index < -0.39 is 18.2 Å². The molecule has 0 spiro atoms. The summed E-state index contributed by atoms with van der Waals surface area (Å²) in [5.41, 5.74) is -0.216. The van der Waals surface area contributed by atoms with E-state index >= 15 is 0 Å². The van der Waals surface area contributed by atoms with Crippen LogP contribution in [0.4, 0.5) is 4.39 Å². The zero-order chi connectivity index (χ0) is 12.1. The summed E-state index contributed by atoms with van der Waals surface area (Å²) in [5.74, 6) is -0.944. The van der Waals surface area contributed by atoms with E-state index in [0.717, 1.165) is 12.3 Å². The number of aldehydes is 1. The van der Waals surface area contributed by atoms with Crippen LogP contribution in [0.3, 0.4) is 0 Å². The zero-order valence-corrected chi connectivity index (χ0v) is 8.17. The maximum atomic E-state index is 12.8. The summed E-state index contributed by atoms with van der Waals surface area (Å²) < 4.78 is 12.8. The minimum Gasteiger partial charge on any atom is -0.389 e. The molecule has 0 saturated carbocycles. The Bertz CT molecular complexity index is 431. The number of nitriles is 1. The van der Waals surface area contributed by atoms with Crippen molar-refractivity contribution >= 4 is 6.29 Å². The van der Waals surface area contributed by atoms with Crippen molar-refractivity contribution in [3.63, 3.8) is 0 Å². The third-order valence-corrected chi connectivity index (χ3v) is 2.02. The lowest BCUT2D eigenvalue weighted by Crippen LogP contribution is -2.18. The van der Waals surface area contributed by atoms with Gasteiger partial charge in [-0.2, -0.15) is 9.65 Å². The van der Waals surface area contributed by atoms with Gasteiger partial charge in [0, 0.05) is 11.8 Å². The molecule has 16 heavy (non-hydrogen) atoms. The largest absolute Gasteiger partial charge is 0.389 e. The molecule has 1 aromatic rings. The van der Waals surface area contributed by atoms with Crippen LogP contribution in [-0.4, -0.2) is 27.6 Å². The number of aliphatic hydroxyl groups is 2. The standard InChI is InChI=1S/C10H9FN2O3/c11-10-7(5-14)3-6(4-13-10)9(16)8(15)1-2-12/h3-5,8-9,15-16H,1H2. The van der Waals surface area contributed by atoms with Gasteiger partial charge in [-0.3, -0.25) is 4.79 Å². The van der Waals surface area contributed by atoms with Crippen LogP contribution in [0, 0.1) is 17.3 Å². The lowest BCUT2D eigenvalue weighted by atomic mass is 10.0. The predicted octanol–water partition coefficient (Wildman–Crippen LogP) is 0.341. The number of pyridine rings is 1. The molecule has 0 aliphatic rings. The second-order valence-electron chi connectivity index (χ2n) is 3.14. The van der Waals surface area contributed by atoms with Crippen LogP contribution < -0.4 is 0 Å². The van der Waals surface area contributed by atoms with Gasteiger partial charge in [0.05, 0.1) is 24.2 Å². The van der Waals surface area contributed by atoms with Gasteiger partial charge in [-0.15, -0.1) is 0 Å². The van der Waals surface area contributed by atoms with Crippen LogP contribution in [-0.2, 0) is 0 Å². The minimum atomic E-state index is -1.37. The molecule has 6 heteroatoms. The molecule has 0 saturated heterocycles. The molecule has 1 aromatic heterocycles. The third-order valence-electron chi connectivity index (χ3n) is 2.02. The molecule has 0 radical (unpaired) electrons. The maximum Gasteiger partial charge on any atom is 0.223 e. The number of aliphatic hydroxyl groups excluding tert-OH is 2. The van der Waals surface area contributed by atoms with E-state index in [0.29, 0.717) is 0 Å². The van der Waals surface area contributed by atoms with Gasteiger partial charge in [0.15, 0.2) is 6.29 Å². The van der Waals surface area contributed by atoms with Crippen LogP contribution in [0.5, 0.6) is 0 Å². The molecule has 0 aromatic carbocycles. The van der Waals surface area contributed by atoms with Crippen molar-refractivity contribution in [1.29, 1.82) is 5.26 Å². The van der Waals surface area contributed by atoms with Crippen LogP contribution in [0.1, 0.15) is 28.4 Å². The SMILES string of the molecule is N#CCC(O)C(O)c1cnc(F)c(C=O)c1. The Hall–Kier alpha value is -1.84. The number of hydrogen-bond acceptors (Lipinski definition) is 5. The number of carbonyl (C=O) groups excluding carboxylic acids is 1. The van der Waals surface area contributed by atoms with Gasteiger partial charge in [0.1, 0.15) is 6.10 Å². The molecule has 2 atom stereocenters. The number of carbonyl (C=O) groups is 1. The first-order chi connectivity index (χ1) is 7.60. The molecule has 0 aliphatic carbocycles. The average molecular weight is 224 g/mol. The van der Waals surface area contributed by atoms with E-state index in [1.54, 1.807) is 6.07 Å². The smallest absolute Gasteiger partial charge is 0.223 e. The van der Waals surface area contributed by atoms with E-state index in [9.17, 15) is 19.4 Å². The molecule has 0 bridgehead atoms. The van der Waals surface area contributed by atoms with Crippen LogP contribution in [0.25, 0.3) is 0 Å².